The molecule has 1 atom stereocenters. The van der Waals surface area contributed by atoms with Gasteiger partial charge in [0, 0.05) is 30.4 Å². The normalized spacial score (nSPS) is 17.4. The van der Waals surface area contributed by atoms with Gasteiger partial charge in [0.15, 0.2) is 0 Å². The second-order valence-electron chi connectivity index (χ2n) is 5.06. The molecule has 1 aromatic carbocycles. The molecule has 1 amide bonds. The van der Waals surface area contributed by atoms with E-state index in [0.29, 0.717) is 18.7 Å². The summed E-state index contributed by atoms with van der Waals surface area (Å²) in [5, 5.41) is 2.80. The molecule has 1 saturated heterocycles. The Labute approximate surface area is 115 Å². The zero-order chi connectivity index (χ0) is 14.8. The average Bonchev–Trinajstić information content (AvgIpc) is 2.74. The molecule has 1 aliphatic rings. The highest BCUT2D eigenvalue weighted by Gasteiger charge is 2.30. The van der Waals surface area contributed by atoms with E-state index in [1.54, 1.807) is 29.2 Å². The van der Waals surface area contributed by atoms with Crippen molar-refractivity contribution in [2.45, 2.75) is 38.4 Å². The predicted octanol–water partition coefficient (Wildman–Crippen LogP) is 3.57. The molecule has 1 heterocycles. The van der Waals surface area contributed by atoms with Crippen LogP contribution in [0.2, 0.25) is 0 Å². The van der Waals surface area contributed by atoms with Crippen molar-refractivity contribution in [2.24, 2.45) is 0 Å². The van der Waals surface area contributed by atoms with Crippen LogP contribution < -0.4 is 10.2 Å². The number of benzene rings is 1. The lowest BCUT2D eigenvalue weighted by Crippen LogP contribution is -2.24. The molecule has 0 bridgehead atoms. The first kappa shape index (κ1) is 14.7. The quantitative estimate of drug-likeness (QED) is 0.917. The fraction of sp³-hybridized carbons (Fsp3) is 0.500. The molecular weight excluding hydrogens is 269 g/mol. The summed E-state index contributed by atoms with van der Waals surface area (Å²) < 4.78 is 36.7. The number of nitrogens with zero attached hydrogens (tertiary/aromatic N) is 1. The van der Waals surface area contributed by atoms with Crippen LogP contribution in [0, 0.1) is 0 Å². The van der Waals surface area contributed by atoms with Crippen molar-refractivity contribution in [3.63, 3.8) is 0 Å². The molecule has 0 spiro atoms. The number of carbonyl (C=O) groups excluding carboxylic acids is 1. The van der Waals surface area contributed by atoms with Gasteiger partial charge in [-0.2, -0.15) is 13.2 Å². The van der Waals surface area contributed by atoms with Crippen molar-refractivity contribution < 1.29 is 18.0 Å². The summed E-state index contributed by atoms with van der Waals surface area (Å²) in [5.41, 5.74) is 1.42. The third kappa shape index (κ3) is 3.88. The summed E-state index contributed by atoms with van der Waals surface area (Å²) in [6.45, 7) is 2.20. The third-order valence-corrected chi connectivity index (χ3v) is 3.20. The molecule has 3 nitrogen and oxygen atoms in total. The zero-order valence-corrected chi connectivity index (χ0v) is 11.2. The molecule has 1 fully saturated rings. The maximum atomic E-state index is 12.2. The number of amides is 1. The number of halogens is 3. The Kier molecular flexibility index (Phi) is 4.20. The van der Waals surface area contributed by atoms with Crippen LogP contribution in [-0.2, 0) is 4.79 Å². The van der Waals surface area contributed by atoms with Gasteiger partial charge in [-0.1, -0.05) is 0 Å². The highest BCUT2D eigenvalue weighted by molar-refractivity contribution is 5.95. The van der Waals surface area contributed by atoms with Crippen LogP contribution in [-0.4, -0.2) is 24.7 Å². The molecule has 1 aliphatic heterocycles. The van der Waals surface area contributed by atoms with Gasteiger partial charge in [-0.25, -0.2) is 0 Å². The van der Waals surface area contributed by atoms with Crippen LogP contribution in [0.3, 0.4) is 0 Å². The number of hydrogen-bond acceptors (Lipinski definition) is 2. The molecule has 20 heavy (non-hydrogen) atoms. The number of rotatable bonds is 4. The maximum Gasteiger partial charge on any atom is 0.391 e. The van der Waals surface area contributed by atoms with Gasteiger partial charge in [0.2, 0.25) is 5.91 Å². The van der Waals surface area contributed by atoms with Crippen LogP contribution in [0.4, 0.5) is 24.5 Å². The zero-order valence-electron chi connectivity index (χ0n) is 11.2. The van der Waals surface area contributed by atoms with Crippen LogP contribution in [0.25, 0.3) is 0 Å². The summed E-state index contributed by atoms with van der Waals surface area (Å²) in [6.07, 6.45) is -3.64. The lowest BCUT2D eigenvalue weighted by atomic mass is 10.2. The fourth-order valence-corrected chi connectivity index (χ4v) is 2.34. The minimum Gasteiger partial charge on any atom is -0.382 e. The van der Waals surface area contributed by atoms with E-state index in [1.165, 1.54) is 6.92 Å². The van der Waals surface area contributed by atoms with Crippen LogP contribution in [0.5, 0.6) is 0 Å². The second-order valence-corrected chi connectivity index (χ2v) is 5.06. The first-order valence-corrected chi connectivity index (χ1v) is 6.59. The van der Waals surface area contributed by atoms with Crippen molar-refractivity contribution in [3.05, 3.63) is 24.3 Å². The Morgan fingerprint density at radius 3 is 2.45 bits per heavy atom. The van der Waals surface area contributed by atoms with Crippen molar-refractivity contribution in [1.29, 1.82) is 0 Å². The summed E-state index contributed by atoms with van der Waals surface area (Å²) in [7, 11) is 0. The summed E-state index contributed by atoms with van der Waals surface area (Å²) in [6, 6.07) is 6.23. The highest BCUT2D eigenvalue weighted by Crippen LogP contribution is 2.25. The molecule has 0 unspecified atom stereocenters. The van der Waals surface area contributed by atoms with Crippen molar-refractivity contribution in [3.8, 4) is 0 Å². The van der Waals surface area contributed by atoms with Gasteiger partial charge in [-0.3, -0.25) is 4.79 Å². The maximum absolute atomic E-state index is 12.2. The minimum atomic E-state index is -4.17. The summed E-state index contributed by atoms with van der Waals surface area (Å²) >= 11 is 0. The molecule has 2 rings (SSSR count). The van der Waals surface area contributed by atoms with Crippen LogP contribution in [0.15, 0.2) is 24.3 Å². The van der Waals surface area contributed by atoms with E-state index < -0.39 is 18.6 Å². The van der Waals surface area contributed by atoms with E-state index in [0.717, 1.165) is 12.1 Å². The first-order valence-electron chi connectivity index (χ1n) is 6.59. The first-order chi connectivity index (χ1) is 9.35. The van der Waals surface area contributed by atoms with Gasteiger partial charge in [-0.15, -0.1) is 0 Å². The second kappa shape index (κ2) is 5.73. The fourth-order valence-electron chi connectivity index (χ4n) is 2.34. The number of anilines is 2. The Morgan fingerprint density at radius 1 is 1.30 bits per heavy atom. The Balaban J connectivity index is 1.96. The van der Waals surface area contributed by atoms with E-state index >= 15 is 0 Å². The predicted molar refractivity (Wildman–Crippen MR) is 71.8 cm³/mol. The molecule has 1 aromatic rings. The molecule has 1 N–H and O–H groups in total. The van der Waals surface area contributed by atoms with Gasteiger partial charge in [0.1, 0.15) is 0 Å². The Hall–Kier alpha value is -1.72. The number of hydrogen-bond donors (Lipinski definition) is 1. The van der Waals surface area contributed by atoms with Gasteiger partial charge in [0.05, 0.1) is 6.42 Å². The van der Waals surface area contributed by atoms with E-state index in [1.807, 2.05) is 0 Å². The standard InChI is InChI=1S/C14H17F3N2O/c1-10(9-14(15,16)17)18-11-4-6-12(7-5-11)19-8-2-3-13(19)20/h4-7,10,18H,2-3,8-9H2,1H3/t10-/m1/s1. The van der Waals surface area contributed by atoms with Crippen molar-refractivity contribution in [2.75, 3.05) is 16.8 Å². The number of nitrogens with one attached hydrogen (secondary N) is 1. The van der Waals surface area contributed by atoms with E-state index in [9.17, 15) is 18.0 Å². The largest absolute Gasteiger partial charge is 0.391 e. The monoisotopic (exact) mass is 286 g/mol. The topological polar surface area (TPSA) is 32.3 Å². The van der Waals surface area contributed by atoms with E-state index in [4.69, 9.17) is 0 Å². The summed E-state index contributed by atoms with van der Waals surface area (Å²) in [5.74, 6) is 0.0937. The van der Waals surface area contributed by atoms with Gasteiger partial charge in [0.25, 0.3) is 0 Å². The molecule has 0 radical (unpaired) electrons. The third-order valence-electron chi connectivity index (χ3n) is 3.20. The average molecular weight is 286 g/mol. The number of alkyl halides is 3. The van der Waals surface area contributed by atoms with E-state index in [-0.39, 0.29) is 5.91 Å². The van der Waals surface area contributed by atoms with Gasteiger partial charge >= 0.3 is 6.18 Å². The van der Waals surface area contributed by atoms with Crippen LogP contribution >= 0.6 is 0 Å². The molecule has 110 valence electrons. The minimum absolute atomic E-state index is 0.0937. The van der Waals surface area contributed by atoms with Crippen molar-refractivity contribution in [1.82, 2.24) is 0 Å². The molecule has 0 saturated carbocycles. The van der Waals surface area contributed by atoms with Crippen molar-refractivity contribution >= 4 is 17.3 Å². The lowest BCUT2D eigenvalue weighted by molar-refractivity contribution is -0.136. The van der Waals surface area contributed by atoms with E-state index in [2.05, 4.69) is 5.32 Å². The Bertz CT molecular complexity index is 470. The molecular formula is C14H17F3N2O. The lowest BCUT2D eigenvalue weighted by Gasteiger charge is -2.19. The summed E-state index contributed by atoms with van der Waals surface area (Å²) in [4.78, 5) is 13.3. The van der Waals surface area contributed by atoms with Crippen LogP contribution in [0.1, 0.15) is 26.2 Å². The highest BCUT2D eigenvalue weighted by atomic mass is 19.4. The number of carbonyl (C=O) groups is 1. The molecule has 0 aromatic heterocycles. The molecule has 0 aliphatic carbocycles. The Morgan fingerprint density at radius 2 is 1.95 bits per heavy atom. The smallest absolute Gasteiger partial charge is 0.382 e. The van der Waals surface area contributed by atoms with Gasteiger partial charge in [-0.05, 0) is 37.6 Å². The SMILES string of the molecule is C[C@H](CC(F)(F)F)Nc1ccc(N2CCCC2=O)cc1. The van der Waals surface area contributed by atoms with Gasteiger partial charge < -0.3 is 10.2 Å². The molecule has 6 heteroatoms.